The summed E-state index contributed by atoms with van der Waals surface area (Å²) in [5, 5.41) is 9.29. The average Bonchev–Trinajstić information content (AvgIpc) is 2.45. The van der Waals surface area contributed by atoms with Crippen LogP contribution in [0.2, 0.25) is 0 Å². The molecule has 1 aliphatic rings. The standard InChI is InChI=1S/C13H16N4O2/c1-8-9-4-2-3-5-10(9)11(6-14)13(16-8)19-7-12(18)17-15/h2-5,7,15H2,1H3,(H,17,18). The number of carbonyl (C=O) groups excluding carboxylic acids is 1. The van der Waals surface area contributed by atoms with Gasteiger partial charge in [-0.1, -0.05) is 0 Å². The molecule has 2 rings (SSSR count). The van der Waals surface area contributed by atoms with Crippen molar-refractivity contribution in [1.29, 1.82) is 5.26 Å². The van der Waals surface area contributed by atoms with E-state index in [0.29, 0.717) is 5.56 Å². The normalized spacial score (nSPS) is 13.3. The minimum atomic E-state index is -0.457. The van der Waals surface area contributed by atoms with Gasteiger partial charge in [0.2, 0.25) is 5.88 Å². The number of ether oxygens (including phenoxy) is 1. The Labute approximate surface area is 111 Å². The number of carbonyl (C=O) groups is 1. The van der Waals surface area contributed by atoms with Crippen molar-refractivity contribution in [2.24, 2.45) is 5.84 Å². The molecule has 1 heterocycles. The minimum Gasteiger partial charge on any atom is -0.467 e. The van der Waals surface area contributed by atoms with Crippen molar-refractivity contribution in [2.45, 2.75) is 32.6 Å². The topological polar surface area (TPSA) is 101 Å². The van der Waals surface area contributed by atoms with Gasteiger partial charge < -0.3 is 4.74 Å². The Morgan fingerprint density at radius 3 is 2.79 bits per heavy atom. The molecule has 0 bridgehead atoms. The van der Waals surface area contributed by atoms with Crippen LogP contribution < -0.4 is 16.0 Å². The number of fused-ring (bicyclic) bond motifs is 1. The summed E-state index contributed by atoms with van der Waals surface area (Å²) in [6.07, 6.45) is 4.00. The van der Waals surface area contributed by atoms with Gasteiger partial charge >= 0.3 is 0 Å². The molecular formula is C13H16N4O2. The third kappa shape index (κ3) is 2.66. The van der Waals surface area contributed by atoms with Crippen LogP contribution in [-0.2, 0) is 17.6 Å². The zero-order chi connectivity index (χ0) is 13.8. The molecule has 1 aromatic rings. The maximum Gasteiger partial charge on any atom is 0.271 e. The van der Waals surface area contributed by atoms with Crippen molar-refractivity contribution >= 4 is 5.91 Å². The summed E-state index contributed by atoms with van der Waals surface area (Å²) in [6.45, 7) is 1.66. The third-order valence-electron chi connectivity index (χ3n) is 3.30. The summed E-state index contributed by atoms with van der Waals surface area (Å²) in [6, 6.07) is 2.14. The van der Waals surface area contributed by atoms with Crippen LogP contribution in [0.15, 0.2) is 0 Å². The molecule has 100 valence electrons. The smallest absolute Gasteiger partial charge is 0.271 e. The van der Waals surface area contributed by atoms with Crippen LogP contribution >= 0.6 is 0 Å². The van der Waals surface area contributed by atoms with E-state index in [2.05, 4.69) is 11.1 Å². The Morgan fingerprint density at radius 2 is 2.16 bits per heavy atom. The number of hydrazine groups is 1. The molecule has 1 aliphatic carbocycles. The number of nitrogens with zero attached hydrogens (tertiary/aromatic N) is 2. The van der Waals surface area contributed by atoms with Gasteiger partial charge in [0.15, 0.2) is 6.61 Å². The second-order valence-corrected chi connectivity index (χ2v) is 4.51. The lowest BCUT2D eigenvalue weighted by Crippen LogP contribution is -2.34. The highest BCUT2D eigenvalue weighted by Crippen LogP contribution is 2.30. The fourth-order valence-corrected chi connectivity index (χ4v) is 2.38. The number of nitrogens with one attached hydrogen (secondary N) is 1. The van der Waals surface area contributed by atoms with E-state index >= 15 is 0 Å². The summed E-state index contributed by atoms with van der Waals surface area (Å²) in [7, 11) is 0. The van der Waals surface area contributed by atoms with Crippen molar-refractivity contribution in [3.8, 4) is 11.9 Å². The number of aryl methyl sites for hydroxylation is 1. The van der Waals surface area contributed by atoms with Crippen LogP contribution in [0.5, 0.6) is 5.88 Å². The number of hydrogen-bond acceptors (Lipinski definition) is 5. The van der Waals surface area contributed by atoms with E-state index in [1.807, 2.05) is 12.3 Å². The molecule has 0 saturated heterocycles. The highest BCUT2D eigenvalue weighted by Gasteiger charge is 2.21. The molecule has 0 atom stereocenters. The van der Waals surface area contributed by atoms with E-state index < -0.39 is 5.91 Å². The van der Waals surface area contributed by atoms with Gasteiger partial charge in [-0.15, -0.1) is 0 Å². The molecule has 0 unspecified atom stereocenters. The lowest BCUT2D eigenvalue weighted by molar-refractivity contribution is -0.123. The van der Waals surface area contributed by atoms with E-state index in [-0.39, 0.29) is 12.5 Å². The summed E-state index contributed by atoms with van der Waals surface area (Å²) in [5.74, 6) is 4.75. The lowest BCUT2D eigenvalue weighted by Gasteiger charge is -2.20. The fourth-order valence-electron chi connectivity index (χ4n) is 2.38. The predicted octanol–water partition coefficient (Wildman–Crippen LogP) is 0.509. The van der Waals surface area contributed by atoms with Crippen LogP contribution in [0.1, 0.15) is 35.2 Å². The Kier molecular flexibility index (Phi) is 3.97. The Morgan fingerprint density at radius 1 is 1.47 bits per heavy atom. The fraction of sp³-hybridized carbons (Fsp3) is 0.462. The van der Waals surface area contributed by atoms with Gasteiger partial charge in [-0.25, -0.2) is 10.8 Å². The maximum atomic E-state index is 11.1. The molecule has 0 saturated carbocycles. The number of hydrogen-bond donors (Lipinski definition) is 2. The van der Waals surface area contributed by atoms with Gasteiger partial charge in [-0.3, -0.25) is 10.2 Å². The molecule has 19 heavy (non-hydrogen) atoms. The first kappa shape index (κ1) is 13.3. The number of nitrogens with two attached hydrogens (primary N) is 1. The van der Waals surface area contributed by atoms with Gasteiger partial charge in [0.1, 0.15) is 11.6 Å². The number of nitriles is 1. The number of pyridine rings is 1. The van der Waals surface area contributed by atoms with Crippen LogP contribution in [0.4, 0.5) is 0 Å². The zero-order valence-electron chi connectivity index (χ0n) is 10.8. The molecule has 3 N–H and O–H groups in total. The van der Waals surface area contributed by atoms with Gasteiger partial charge in [0, 0.05) is 5.69 Å². The SMILES string of the molecule is Cc1nc(OCC(=O)NN)c(C#N)c2c1CCCC2. The predicted molar refractivity (Wildman–Crippen MR) is 68.2 cm³/mol. The first-order chi connectivity index (χ1) is 9.17. The molecule has 0 aromatic carbocycles. The Bertz CT molecular complexity index is 549. The number of amides is 1. The molecule has 6 nitrogen and oxygen atoms in total. The Hall–Kier alpha value is -2.13. The van der Waals surface area contributed by atoms with E-state index in [0.717, 1.165) is 42.5 Å². The van der Waals surface area contributed by atoms with Crippen molar-refractivity contribution in [3.63, 3.8) is 0 Å². The van der Waals surface area contributed by atoms with Gasteiger partial charge in [0.25, 0.3) is 5.91 Å². The molecule has 0 aliphatic heterocycles. The summed E-state index contributed by atoms with van der Waals surface area (Å²) < 4.78 is 5.30. The summed E-state index contributed by atoms with van der Waals surface area (Å²) >= 11 is 0. The number of aromatic nitrogens is 1. The average molecular weight is 260 g/mol. The summed E-state index contributed by atoms with van der Waals surface area (Å²) in [5.41, 5.74) is 5.47. The molecule has 0 fully saturated rings. The van der Waals surface area contributed by atoms with E-state index in [9.17, 15) is 10.1 Å². The highest BCUT2D eigenvalue weighted by atomic mass is 16.5. The maximum absolute atomic E-state index is 11.1. The molecule has 0 spiro atoms. The second-order valence-electron chi connectivity index (χ2n) is 4.51. The first-order valence-corrected chi connectivity index (χ1v) is 6.22. The van der Waals surface area contributed by atoms with Crippen LogP contribution in [0.25, 0.3) is 0 Å². The Balaban J connectivity index is 2.36. The van der Waals surface area contributed by atoms with E-state index in [1.54, 1.807) is 0 Å². The monoisotopic (exact) mass is 260 g/mol. The minimum absolute atomic E-state index is 0.226. The first-order valence-electron chi connectivity index (χ1n) is 6.22. The largest absolute Gasteiger partial charge is 0.467 e. The van der Waals surface area contributed by atoms with Gasteiger partial charge in [-0.05, 0) is 43.7 Å². The quantitative estimate of drug-likeness (QED) is 0.468. The third-order valence-corrected chi connectivity index (χ3v) is 3.30. The van der Waals surface area contributed by atoms with Gasteiger partial charge in [0.05, 0.1) is 0 Å². The molecule has 1 aromatic heterocycles. The molecule has 0 radical (unpaired) electrons. The van der Waals surface area contributed by atoms with Crippen LogP contribution in [0.3, 0.4) is 0 Å². The molecule has 1 amide bonds. The van der Waals surface area contributed by atoms with Gasteiger partial charge in [-0.2, -0.15) is 5.26 Å². The van der Waals surface area contributed by atoms with Crippen molar-refractivity contribution in [2.75, 3.05) is 6.61 Å². The van der Waals surface area contributed by atoms with Crippen LogP contribution in [-0.4, -0.2) is 17.5 Å². The van der Waals surface area contributed by atoms with E-state index in [4.69, 9.17) is 10.6 Å². The summed E-state index contributed by atoms with van der Waals surface area (Å²) in [4.78, 5) is 15.4. The lowest BCUT2D eigenvalue weighted by atomic mass is 9.88. The molecule has 6 heteroatoms. The number of rotatable bonds is 3. The van der Waals surface area contributed by atoms with Crippen LogP contribution in [0, 0.1) is 18.3 Å². The zero-order valence-corrected chi connectivity index (χ0v) is 10.8. The van der Waals surface area contributed by atoms with Crippen molar-refractivity contribution in [3.05, 3.63) is 22.4 Å². The highest BCUT2D eigenvalue weighted by molar-refractivity contribution is 5.76. The van der Waals surface area contributed by atoms with Crippen molar-refractivity contribution < 1.29 is 9.53 Å². The van der Waals surface area contributed by atoms with Crippen molar-refractivity contribution in [1.82, 2.24) is 10.4 Å². The second kappa shape index (κ2) is 5.67. The van der Waals surface area contributed by atoms with E-state index in [1.165, 1.54) is 0 Å². The molecular weight excluding hydrogens is 244 g/mol.